The summed E-state index contributed by atoms with van der Waals surface area (Å²) in [5.74, 6) is 2.73. The van der Waals surface area contributed by atoms with Gasteiger partial charge in [0.25, 0.3) is 5.82 Å². The van der Waals surface area contributed by atoms with Crippen molar-refractivity contribution < 1.29 is 4.57 Å². The normalized spacial score (nSPS) is 22.2. The van der Waals surface area contributed by atoms with Crippen molar-refractivity contribution in [1.29, 1.82) is 0 Å². The van der Waals surface area contributed by atoms with Crippen molar-refractivity contribution in [3.63, 3.8) is 0 Å². The summed E-state index contributed by atoms with van der Waals surface area (Å²) in [7, 11) is 0. The third-order valence-electron chi connectivity index (χ3n) is 13.0. The van der Waals surface area contributed by atoms with E-state index in [-0.39, 0.29) is 11.0 Å². The van der Waals surface area contributed by atoms with Crippen LogP contribution >= 0.6 is 11.3 Å². The molecule has 3 atom stereocenters. The van der Waals surface area contributed by atoms with Gasteiger partial charge in [0.05, 0.1) is 5.56 Å². The molecule has 0 radical (unpaired) electrons. The zero-order chi connectivity index (χ0) is 33.7. The molecule has 2 nitrogen and oxygen atoms in total. The lowest BCUT2D eigenvalue weighted by Crippen LogP contribution is -2.67. The van der Waals surface area contributed by atoms with Crippen LogP contribution in [0.25, 0.3) is 48.3 Å². The molecule has 248 valence electrons. The van der Waals surface area contributed by atoms with Gasteiger partial charge in [-0.15, -0.1) is 11.3 Å². The maximum Gasteiger partial charge on any atom is 0.295 e. The van der Waals surface area contributed by atoms with E-state index in [9.17, 15) is 0 Å². The molecule has 0 N–H and O–H groups in total. The molecule has 2 aliphatic rings. The molecule has 8 rings (SSSR count). The van der Waals surface area contributed by atoms with Crippen LogP contribution in [-0.2, 0) is 17.4 Å². The molecule has 2 aromatic heterocycles. The minimum absolute atomic E-state index is 0.00484. The monoisotopic (exact) mass is 653 g/mol. The van der Waals surface area contributed by atoms with E-state index in [1.807, 2.05) is 0 Å². The van der Waals surface area contributed by atoms with Crippen LogP contribution < -0.4 is 4.57 Å². The number of imidazole rings is 1. The highest BCUT2D eigenvalue weighted by Crippen LogP contribution is 2.53. The summed E-state index contributed by atoms with van der Waals surface area (Å²) >= 11 is 2.07. The Balaban J connectivity index is 1.60. The molecule has 0 amide bonds. The van der Waals surface area contributed by atoms with Crippen LogP contribution in [0.5, 0.6) is 0 Å². The number of aryl methyl sites for hydroxylation is 1. The smallest absolute Gasteiger partial charge is 0.216 e. The van der Waals surface area contributed by atoms with Gasteiger partial charge >= 0.3 is 0 Å². The van der Waals surface area contributed by atoms with Crippen LogP contribution in [0.15, 0.2) is 66.7 Å². The molecular weight excluding hydrogens is 601 g/mol. The number of hydrogen-bond donors (Lipinski definition) is 0. The van der Waals surface area contributed by atoms with E-state index in [1.54, 1.807) is 5.56 Å². The maximum absolute atomic E-state index is 2.77. The van der Waals surface area contributed by atoms with Gasteiger partial charge in [0.1, 0.15) is 11.2 Å². The Kier molecular flexibility index (Phi) is 7.49. The Morgan fingerprint density at radius 3 is 2.35 bits per heavy atom. The average Bonchev–Trinajstić information content (AvgIpc) is 3.58. The fraction of sp³-hybridized carbons (Fsp3) is 0.444. The van der Waals surface area contributed by atoms with Crippen LogP contribution in [0.4, 0.5) is 0 Å². The molecule has 0 spiro atoms. The lowest BCUT2D eigenvalue weighted by atomic mass is 9.61. The van der Waals surface area contributed by atoms with Crippen molar-refractivity contribution in [2.24, 2.45) is 0 Å². The fourth-order valence-electron chi connectivity index (χ4n) is 9.95. The van der Waals surface area contributed by atoms with Crippen molar-refractivity contribution in [2.45, 2.75) is 130 Å². The molecule has 6 aromatic rings. The number of nitrogens with zero attached hydrogens (tertiary/aromatic N) is 2. The number of thiophene rings is 1. The molecule has 1 aliphatic carbocycles. The minimum atomic E-state index is -0.0975. The quantitative estimate of drug-likeness (QED) is 0.158. The molecule has 3 heteroatoms. The first kappa shape index (κ1) is 31.8. The molecular formula is C45H53N2S+. The molecule has 2 bridgehead atoms. The molecule has 48 heavy (non-hydrogen) atoms. The van der Waals surface area contributed by atoms with Gasteiger partial charge < -0.3 is 0 Å². The Hall–Kier alpha value is -3.43. The molecule has 0 saturated heterocycles. The van der Waals surface area contributed by atoms with E-state index in [0.717, 1.165) is 12.8 Å². The lowest BCUT2D eigenvalue weighted by molar-refractivity contribution is -0.743. The third kappa shape index (κ3) is 4.12. The van der Waals surface area contributed by atoms with Crippen LogP contribution in [0, 0.1) is 0 Å². The first-order valence-electron chi connectivity index (χ1n) is 18.8. The lowest BCUT2D eigenvalue weighted by Gasteiger charge is -2.48. The summed E-state index contributed by atoms with van der Waals surface area (Å²) < 4.78 is 8.49. The molecule has 0 fully saturated rings. The largest absolute Gasteiger partial charge is 0.295 e. The second-order valence-corrected chi connectivity index (χ2v) is 17.0. The number of para-hydroxylation sites is 2. The molecule has 0 saturated carbocycles. The summed E-state index contributed by atoms with van der Waals surface area (Å²) in [5.41, 5.74) is 12.9. The van der Waals surface area contributed by atoms with Gasteiger partial charge in [-0.3, -0.25) is 0 Å². The van der Waals surface area contributed by atoms with Gasteiger partial charge in [0, 0.05) is 36.7 Å². The van der Waals surface area contributed by atoms with Crippen molar-refractivity contribution in [2.75, 3.05) is 0 Å². The summed E-state index contributed by atoms with van der Waals surface area (Å²) in [6.07, 6.45) is 7.16. The standard InChI is InChI=1S/C45H53N2S/c1-10-30-19-17-18-29-24-33(30)42-34(25-29)40-38(48-42)26-32(27(4)5)41(39(40)28(6)7)46-36-22-15-16-23-37(36)47-43(46)31-20-13-14-21-35(31)44(8,11-2)45(47,9)12-3/h13-16,20-28,30H,10-12,17-19H2,1-9H3/q+1. The Morgan fingerprint density at radius 1 is 0.896 bits per heavy atom. The highest BCUT2D eigenvalue weighted by Gasteiger charge is 2.56. The molecule has 3 unspecified atom stereocenters. The zero-order valence-electron chi connectivity index (χ0n) is 30.6. The number of aromatic nitrogens is 2. The highest BCUT2D eigenvalue weighted by molar-refractivity contribution is 7.26. The van der Waals surface area contributed by atoms with E-state index in [0.29, 0.717) is 17.8 Å². The summed E-state index contributed by atoms with van der Waals surface area (Å²) in [4.78, 5) is 0. The van der Waals surface area contributed by atoms with Gasteiger partial charge in [-0.2, -0.15) is 4.57 Å². The Labute approximate surface area is 291 Å². The first-order valence-corrected chi connectivity index (χ1v) is 19.6. The number of fused-ring (bicyclic) bond motifs is 11. The number of benzene rings is 4. The number of rotatable bonds is 6. The van der Waals surface area contributed by atoms with Gasteiger partial charge in [-0.05, 0) is 110 Å². The second-order valence-electron chi connectivity index (χ2n) is 15.9. The molecule has 3 heterocycles. The predicted octanol–water partition coefficient (Wildman–Crippen LogP) is 12.8. The zero-order valence-corrected chi connectivity index (χ0v) is 31.4. The Bertz CT molecular complexity index is 2230. The van der Waals surface area contributed by atoms with E-state index in [2.05, 4.69) is 150 Å². The Morgan fingerprint density at radius 2 is 1.65 bits per heavy atom. The van der Waals surface area contributed by atoms with Crippen LogP contribution in [0.3, 0.4) is 0 Å². The number of hydrogen-bond acceptors (Lipinski definition) is 1. The van der Waals surface area contributed by atoms with Crippen LogP contribution in [0.1, 0.15) is 140 Å². The van der Waals surface area contributed by atoms with Crippen LogP contribution in [0.2, 0.25) is 0 Å². The van der Waals surface area contributed by atoms with E-state index >= 15 is 0 Å². The SMILES string of the molecule is CCC1CCCc2cc1c1sc3cc(C(C)C)c(-n4c5[n+](c6ccccc64)C(C)(CC)C(C)(CC)c4ccccc4-5)c(C(C)C)c3c1c2. The fourth-order valence-corrected chi connectivity index (χ4v) is 11.3. The topological polar surface area (TPSA) is 8.81 Å². The van der Waals surface area contributed by atoms with Gasteiger partial charge in [0.15, 0.2) is 11.0 Å². The highest BCUT2D eigenvalue weighted by atomic mass is 32.1. The van der Waals surface area contributed by atoms with E-state index < -0.39 is 0 Å². The van der Waals surface area contributed by atoms with Gasteiger partial charge in [0.2, 0.25) is 0 Å². The first-order chi connectivity index (χ1) is 23.1. The summed E-state index contributed by atoms with van der Waals surface area (Å²) in [5, 5.41) is 3.00. The summed E-state index contributed by atoms with van der Waals surface area (Å²) in [6.45, 7) is 21.9. The minimum Gasteiger partial charge on any atom is -0.216 e. The molecule has 1 aliphatic heterocycles. The molecule has 4 aromatic carbocycles. The van der Waals surface area contributed by atoms with Crippen molar-refractivity contribution in [3.05, 3.63) is 94.5 Å². The summed E-state index contributed by atoms with van der Waals surface area (Å²) in [6, 6.07) is 26.4. The maximum atomic E-state index is 2.77. The van der Waals surface area contributed by atoms with Gasteiger partial charge in [-0.25, -0.2) is 4.57 Å². The van der Waals surface area contributed by atoms with E-state index in [1.165, 1.54) is 96.2 Å². The van der Waals surface area contributed by atoms with Crippen molar-refractivity contribution in [3.8, 4) is 17.1 Å². The van der Waals surface area contributed by atoms with Crippen molar-refractivity contribution >= 4 is 42.5 Å². The van der Waals surface area contributed by atoms with Gasteiger partial charge in [-0.1, -0.05) is 91.8 Å². The van der Waals surface area contributed by atoms with E-state index in [4.69, 9.17) is 0 Å². The average molecular weight is 654 g/mol. The predicted molar refractivity (Wildman–Crippen MR) is 208 cm³/mol. The third-order valence-corrected chi connectivity index (χ3v) is 14.2. The van der Waals surface area contributed by atoms with Crippen LogP contribution in [-0.4, -0.2) is 4.57 Å². The second kappa shape index (κ2) is 11.3. The van der Waals surface area contributed by atoms with Crippen molar-refractivity contribution in [1.82, 2.24) is 4.57 Å².